The van der Waals surface area contributed by atoms with Gasteiger partial charge in [0.2, 0.25) is 5.91 Å². The Labute approximate surface area is 137 Å². The Morgan fingerprint density at radius 2 is 2.00 bits per heavy atom. The molecule has 2 heterocycles. The number of nitrogens with zero attached hydrogens (tertiary/aromatic N) is 2. The van der Waals surface area contributed by atoms with E-state index in [1.54, 1.807) is 34.4 Å². The Hall–Kier alpha value is -2.47. The van der Waals surface area contributed by atoms with Crippen LogP contribution >= 0.6 is 11.3 Å². The fourth-order valence-electron chi connectivity index (χ4n) is 2.31. The summed E-state index contributed by atoms with van der Waals surface area (Å²) in [5, 5.41) is 2.90. The summed E-state index contributed by atoms with van der Waals surface area (Å²) in [5.41, 5.74) is 1.39. The molecule has 1 N–H and O–H groups in total. The quantitative estimate of drug-likeness (QED) is 0.792. The Bertz CT molecular complexity index is 836. The van der Waals surface area contributed by atoms with Crippen LogP contribution in [0, 0.1) is 12.7 Å². The number of hydrogen-bond donors (Lipinski definition) is 1. The van der Waals surface area contributed by atoms with Gasteiger partial charge in [0.15, 0.2) is 0 Å². The van der Waals surface area contributed by atoms with Crippen molar-refractivity contribution in [1.29, 1.82) is 0 Å². The molecule has 0 fully saturated rings. The molecule has 3 aromatic rings. The van der Waals surface area contributed by atoms with Crippen LogP contribution in [0.5, 0.6) is 0 Å². The Kier molecular flexibility index (Phi) is 4.25. The third-order valence-electron chi connectivity index (χ3n) is 3.44. The van der Waals surface area contributed by atoms with Crippen LogP contribution < -0.4 is 5.32 Å². The van der Waals surface area contributed by atoms with Crippen LogP contribution in [0.4, 0.5) is 10.2 Å². The van der Waals surface area contributed by atoms with Crippen LogP contribution in [-0.2, 0) is 18.3 Å². The maximum absolute atomic E-state index is 13.1. The Morgan fingerprint density at radius 1 is 1.26 bits per heavy atom. The normalized spacial score (nSPS) is 10.7. The van der Waals surface area contributed by atoms with Crippen LogP contribution in [0.3, 0.4) is 0 Å². The lowest BCUT2D eigenvalue weighted by molar-refractivity contribution is -0.115. The van der Waals surface area contributed by atoms with Crippen molar-refractivity contribution < 1.29 is 9.18 Å². The van der Waals surface area contributed by atoms with E-state index in [1.165, 1.54) is 17.0 Å². The molecule has 1 amide bonds. The van der Waals surface area contributed by atoms with Gasteiger partial charge >= 0.3 is 0 Å². The van der Waals surface area contributed by atoms with E-state index in [1.807, 2.05) is 26.1 Å². The molecule has 6 heteroatoms. The number of aryl methyl sites for hydroxylation is 2. The van der Waals surface area contributed by atoms with E-state index in [0.29, 0.717) is 17.9 Å². The number of nitrogens with one attached hydrogen (secondary N) is 1. The highest BCUT2D eigenvalue weighted by Crippen LogP contribution is 2.26. The molecule has 2 aromatic heterocycles. The van der Waals surface area contributed by atoms with Crippen molar-refractivity contribution in [2.24, 2.45) is 7.05 Å². The second-order valence-electron chi connectivity index (χ2n) is 5.30. The molecule has 3 rings (SSSR count). The minimum Gasteiger partial charge on any atom is -0.320 e. The number of imidazole rings is 1. The van der Waals surface area contributed by atoms with Crippen molar-refractivity contribution in [2.75, 3.05) is 5.32 Å². The lowest BCUT2D eigenvalue weighted by Crippen LogP contribution is -2.16. The highest BCUT2D eigenvalue weighted by atomic mass is 32.1. The standard InChI is InChI=1S/C17H16FN3OS/c1-11-3-8-14(23-11)9-15(22)20-17-16(19-10-21(17)2)12-4-6-13(18)7-5-12/h3-8,10H,9H2,1-2H3,(H,20,22). The van der Waals surface area contributed by atoms with Gasteiger partial charge < -0.3 is 9.88 Å². The number of thiophene rings is 1. The number of amides is 1. The largest absolute Gasteiger partial charge is 0.320 e. The molecule has 0 radical (unpaired) electrons. The fourth-order valence-corrected chi connectivity index (χ4v) is 3.20. The topological polar surface area (TPSA) is 46.9 Å². The van der Waals surface area contributed by atoms with Crippen LogP contribution in [0.15, 0.2) is 42.7 Å². The molecule has 1 aromatic carbocycles. The van der Waals surface area contributed by atoms with Crippen molar-refractivity contribution >= 4 is 23.1 Å². The molecule has 23 heavy (non-hydrogen) atoms. The number of carbonyl (C=O) groups excluding carboxylic acids is 1. The van der Waals surface area contributed by atoms with E-state index in [9.17, 15) is 9.18 Å². The Morgan fingerprint density at radius 3 is 2.65 bits per heavy atom. The summed E-state index contributed by atoms with van der Waals surface area (Å²) in [5.74, 6) is 0.206. The summed E-state index contributed by atoms with van der Waals surface area (Å²) in [6, 6.07) is 10.0. The molecule has 4 nitrogen and oxygen atoms in total. The molecule has 0 saturated heterocycles. The molecule has 0 aliphatic rings. The molecule has 0 spiro atoms. The van der Waals surface area contributed by atoms with E-state index >= 15 is 0 Å². The number of hydrogen-bond acceptors (Lipinski definition) is 3. The SMILES string of the molecule is Cc1ccc(CC(=O)Nc2c(-c3ccc(F)cc3)ncn2C)s1. The molecular weight excluding hydrogens is 313 g/mol. The predicted octanol–water partition coefficient (Wildman–Crippen LogP) is 3.78. The lowest BCUT2D eigenvalue weighted by Gasteiger charge is -2.08. The third-order valence-corrected chi connectivity index (χ3v) is 4.44. The van der Waals surface area contributed by atoms with Gasteiger partial charge in [-0.25, -0.2) is 9.37 Å². The summed E-state index contributed by atoms with van der Waals surface area (Å²) in [7, 11) is 1.81. The number of carbonyl (C=O) groups is 1. The average molecular weight is 329 g/mol. The van der Waals surface area contributed by atoms with Crippen molar-refractivity contribution in [3.63, 3.8) is 0 Å². The summed E-state index contributed by atoms with van der Waals surface area (Å²) in [6.07, 6.45) is 1.95. The van der Waals surface area contributed by atoms with E-state index in [-0.39, 0.29) is 11.7 Å². The molecule has 0 atom stereocenters. The van der Waals surface area contributed by atoms with Crippen molar-refractivity contribution in [3.8, 4) is 11.3 Å². The highest BCUT2D eigenvalue weighted by Gasteiger charge is 2.15. The zero-order valence-corrected chi connectivity index (χ0v) is 13.7. The first-order valence-corrected chi connectivity index (χ1v) is 7.97. The summed E-state index contributed by atoms with van der Waals surface area (Å²) in [4.78, 5) is 18.8. The number of halogens is 1. The van der Waals surface area contributed by atoms with Crippen molar-refractivity contribution in [2.45, 2.75) is 13.3 Å². The molecule has 0 saturated carbocycles. The fraction of sp³-hybridized carbons (Fsp3) is 0.176. The van der Waals surface area contributed by atoms with Gasteiger partial charge in [-0.1, -0.05) is 0 Å². The predicted molar refractivity (Wildman–Crippen MR) is 90.0 cm³/mol. The minimum absolute atomic E-state index is 0.0983. The summed E-state index contributed by atoms with van der Waals surface area (Å²) >= 11 is 1.61. The van der Waals surface area contributed by atoms with Crippen LogP contribution in [-0.4, -0.2) is 15.5 Å². The van der Waals surface area contributed by atoms with Gasteiger partial charge in [-0.15, -0.1) is 11.3 Å². The molecule has 118 valence electrons. The van der Waals surface area contributed by atoms with Gasteiger partial charge in [0.05, 0.1) is 12.7 Å². The van der Waals surface area contributed by atoms with Crippen molar-refractivity contribution in [1.82, 2.24) is 9.55 Å². The van der Waals surface area contributed by atoms with Crippen LogP contribution in [0.1, 0.15) is 9.75 Å². The first-order chi connectivity index (χ1) is 11.0. The maximum atomic E-state index is 13.1. The molecule has 0 unspecified atom stereocenters. The Balaban J connectivity index is 1.81. The molecule has 0 aliphatic carbocycles. The minimum atomic E-state index is -0.302. The maximum Gasteiger partial charge on any atom is 0.230 e. The van der Waals surface area contributed by atoms with Crippen LogP contribution in [0.25, 0.3) is 11.3 Å². The second-order valence-corrected chi connectivity index (χ2v) is 6.67. The van der Waals surface area contributed by atoms with Crippen LogP contribution in [0.2, 0.25) is 0 Å². The zero-order valence-electron chi connectivity index (χ0n) is 12.8. The van der Waals surface area contributed by atoms with Gasteiger partial charge in [-0.05, 0) is 43.3 Å². The smallest absolute Gasteiger partial charge is 0.230 e. The first-order valence-electron chi connectivity index (χ1n) is 7.15. The van der Waals surface area contributed by atoms with Gasteiger partial charge in [0, 0.05) is 22.4 Å². The van der Waals surface area contributed by atoms with E-state index < -0.39 is 0 Å². The van der Waals surface area contributed by atoms with Gasteiger partial charge in [0.25, 0.3) is 0 Å². The highest BCUT2D eigenvalue weighted by molar-refractivity contribution is 7.12. The number of aromatic nitrogens is 2. The number of anilines is 1. The van der Waals surface area contributed by atoms with Gasteiger partial charge in [0.1, 0.15) is 17.3 Å². The first kappa shape index (κ1) is 15.4. The molecular formula is C17H16FN3OS. The monoisotopic (exact) mass is 329 g/mol. The number of rotatable bonds is 4. The van der Waals surface area contributed by atoms with Gasteiger partial charge in [-0.2, -0.15) is 0 Å². The molecule has 0 aliphatic heterocycles. The lowest BCUT2D eigenvalue weighted by atomic mass is 10.1. The average Bonchev–Trinajstić information content (AvgIpc) is 3.07. The number of benzene rings is 1. The third kappa shape index (κ3) is 3.48. The molecule has 0 bridgehead atoms. The van der Waals surface area contributed by atoms with Crippen molar-refractivity contribution in [3.05, 3.63) is 58.3 Å². The summed E-state index contributed by atoms with van der Waals surface area (Å²) < 4.78 is 14.8. The zero-order chi connectivity index (χ0) is 16.4. The van der Waals surface area contributed by atoms with Gasteiger partial charge in [-0.3, -0.25) is 4.79 Å². The second kappa shape index (κ2) is 6.34. The summed E-state index contributed by atoms with van der Waals surface area (Å²) in [6.45, 7) is 2.01. The van der Waals surface area contributed by atoms with E-state index in [2.05, 4.69) is 10.3 Å². The van der Waals surface area contributed by atoms with E-state index in [4.69, 9.17) is 0 Å². The van der Waals surface area contributed by atoms with E-state index in [0.717, 1.165) is 10.4 Å².